The van der Waals surface area contributed by atoms with Gasteiger partial charge in [0.25, 0.3) is 10.0 Å². The van der Waals surface area contributed by atoms with Crippen molar-refractivity contribution in [3.8, 4) is 0 Å². The SMILES string of the molecule is COC(=O)c1cccc(S(=O)(=O)Nc2cccc(C(C)=O)c2)c1. The van der Waals surface area contributed by atoms with E-state index in [-0.39, 0.29) is 21.9 Å². The van der Waals surface area contributed by atoms with E-state index >= 15 is 0 Å². The minimum atomic E-state index is -3.89. The zero-order valence-corrected chi connectivity index (χ0v) is 13.4. The van der Waals surface area contributed by atoms with Crippen LogP contribution in [-0.2, 0) is 14.8 Å². The molecular formula is C16H15NO5S. The normalized spacial score (nSPS) is 10.9. The Labute approximate surface area is 134 Å². The van der Waals surface area contributed by atoms with Gasteiger partial charge < -0.3 is 4.74 Å². The predicted molar refractivity (Wildman–Crippen MR) is 85.0 cm³/mol. The molecule has 0 aliphatic rings. The second kappa shape index (κ2) is 6.62. The first-order chi connectivity index (χ1) is 10.8. The van der Waals surface area contributed by atoms with Crippen molar-refractivity contribution in [3.63, 3.8) is 0 Å². The monoisotopic (exact) mass is 333 g/mol. The molecule has 0 fully saturated rings. The fourth-order valence-corrected chi connectivity index (χ4v) is 3.02. The zero-order valence-electron chi connectivity index (χ0n) is 12.6. The largest absolute Gasteiger partial charge is 0.465 e. The van der Waals surface area contributed by atoms with E-state index in [1.54, 1.807) is 12.1 Å². The fourth-order valence-electron chi connectivity index (χ4n) is 1.92. The smallest absolute Gasteiger partial charge is 0.337 e. The molecule has 0 bridgehead atoms. The molecule has 1 N–H and O–H groups in total. The summed E-state index contributed by atoms with van der Waals surface area (Å²) in [7, 11) is -2.67. The molecule has 0 radical (unpaired) electrons. The third-order valence-electron chi connectivity index (χ3n) is 3.09. The van der Waals surface area contributed by atoms with Gasteiger partial charge in [-0.1, -0.05) is 18.2 Å². The molecule has 0 aromatic heterocycles. The van der Waals surface area contributed by atoms with Crippen molar-refractivity contribution in [2.75, 3.05) is 11.8 Å². The molecule has 2 rings (SSSR count). The Morgan fingerprint density at radius 1 is 1.00 bits per heavy atom. The van der Waals surface area contributed by atoms with Gasteiger partial charge in [-0.2, -0.15) is 0 Å². The minimum Gasteiger partial charge on any atom is -0.465 e. The predicted octanol–water partition coefficient (Wildman–Crippen LogP) is 2.48. The van der Waals surface area contributed by atoms with E-state index in [1.807, 2.05) is 0 Å². The van der Waals surface area contributed by atoms with E-state index < -0.39 is 16.0 Å². The maximum absolute atomic E-state index is 12.4. The second-order valence-corrected chi connectivity index (χ2v) is 6.44. The van der Waals surface area contributed by atoms with Gasteiger partial charge in [-0.25, -0.2) is 13.2 Å². The molecule has 0 saturated carbocycles. The number of anilines is 1. The number of sulfonamides is 1. The van der Waals surface area contributed by atoms with Crippen LogP contribution in [0.2, 0.25) is 0 Å². The molecule has 0 spiro atoms. The quantitative estimate of drug-likeness (QED) is 0.670. The first-order valence-corrected chi connectivity index (χ1v) is 8.14. The van der Waals surface area contributed by atoms with Crippen molar-refractivity contribution in [2.45, 2.75) is 11.8 Å². The Kier molecular flexibility index (Phi) is 4.80. The third-order valence-corrected chi connectivity index (χ3v) is 4.47. The number of carbonyl (C=O) groups is 2. The number of ketones is 1. The molecule has 0 saturated heterocycles. The lowest BCUT2D eigenvalue weighted by Gasteiger charge is -2.09. The maximum Gasteiger partial charge on any atom is 0.337 e. The number of ether oxygens (including phenoxy) is 1. The summed E-state index contributed by atoms with van der Waals surface area (Å²) in [6.07, 6.45) is 0. The first kappa shape index (κ1) is 16.7. The number of hydrogen-bond acceptors (Lipinski definition) is 5. The van der Waals surface area contributed by atoms with Crippen LogP contribution in [0.15, 0.2) is 53.4 Å². The van der Waals surface area contributed by atoms with Crippen molar-refractivity contribution >= 4 is 27.5 Å². The minimum absolute atomic E-state index is 0.0753. The summed E-state index contributed by atoms with van der Waals surface area (Å²) in [6.45, 7) is 1.40. The Morgan fingerprint density at radius 3 is 2.30 bits per heavy atom. The number of hydrogen-bond donors (Lipinski definition) is 1. The summed E-state index contributed by atoms with van der Waals surface area (Å²) in [5.41, 5.74) is 0.794. The van der Waals surface area contributed by atoms with E-state index in [2.05, 4.69) is 9.46 Å². The van der Waals surface area contributed by atoms with Gasteiger partial charge in [-0.05, 0) is 37.3 Å². The van der Waals surface area contributed by atoms with Crippen LogP contribution in [0.4, 0.5) is 5.69 Å². The van der Waals surface area contributed by atoms with E-state index in [9.17, 15) is 18.0 Å². The van der Waals surface area contributed by atoms with Crippen LogP contribution < -0.4 is 4.72 Å². The second-order valence-electron chi connectivity index (χ2n) is 4.76. The van der Waals surface area contributed by atoms with Crippen LogP contribution in [0.3, 0.4) is 0 Å². The Balaban J connectivity index is 2.34. The fraction of sp³-hybridized carbons (Fsp3) is 0.125. The lowest BCUT2D eigenvalue weighted by molar-refractivity contribution is 0.0600. The van der Waals surface area contributed by atoms with Crippen molar-refractivity contribution < 1.29 is 22.7 Å². The van der Waals surface area contributed by atoms with Crippen molar-refractivity contribution in [3.05, 3.63) is 59.7 Å². The van der Waals surface area contributed by atoms with Crippen molar-refractivity contribution in [2.24, 2.45) is 0 Å². The molecule has 0 heterocycles. The highest BCUT2D eigenvalue weighted by atomic mass is 32.2. The molecule has 0 unspecified atom stereocenters. The highest BCUT2D eigenvalue weighted by Crippen LogP contribution is 2.18. The van der Waals surface area contributed by atoms with E-state index in [4.69, 9.17) is 0 Å². The van der Waals surface area contributed by atoms with E-state index in [0.717, 1.165) is 0 Å². The van der Waals surface area contributed by atoms with E-state index in [1.165, 1.54) is 50.4 Å². The Bertz CT molecular complexity index is 858. The molecule has 0 aliphatic heterocycles. The van der Waals surface area contributed by atoms with E-state index in [0.29, 0.717) is 5.56 Å². The van der Waals surface area contributed by atoms with Crippen LogP contribution in [0.1, 0.15) is 27.6 Å². The molecule has 7 heteroatoms. The Hall–Kier alpha value is -2.67. The molecule has 120 valence electrons. The molecule has 2 aromatic carbocycles. The number of esters is 1. The lowest BCUT2D eigenvalue weighted by Crippen LogP contribution is -2.14. The number of rotatable bonds is 5. The standard InChI is InChI=1S/C16H15NO5S/c1-11(18)12-5-3-7-14(9-12)17-23(20,21)15-8-4-6-13(10-15)16(19)22-2/h3-10,17H,1-2H3. The molecule has 2 aromatic rings. The Morgan fingerprint density at radius 2 is 1.65 bits per heavy atom. The van der Waals surface area contributed by atoms with Crippen molar-refractivity contribution in [1.29, 1.82) is 0 Å². The van der Waals surface area contributed by atoms with Crippen LogP contribution in [0.25, 0.3) is 0 Å². The molecule has 0 aliphatic carbocycles. The lowest BCUT2D eigenvalue weighted by atomic mass is 10.1. The first-order valence-electron chi connectivity index (χ1n) is 6.65. The third kappa shape index (κ3) is 3.95. The molecule has 23 heavy (non-hydrogen) atoms. The van der Waals surface area contributed by atoms with Crippen LogP contribution in [0, 0.1) is 0 Å². The number of benzene rings is 2. The van der Waals surface area contributed by atoms with Gasteiger partial charge >= 0.3 is 5.97 Å². The van der Waals surface area contributed by atoms with Crippen LogP contribution >= 0.6 is 0 Å². The maximum atomic E-state index is 12.4. The number of nitrogens with one attached hydrogen (secondary N) is 1. The van der Waals surface area contributed by atoms with Crippen molar-refractivity contribution in [1.82, 2.24) is 0 Å². The summed E-state index contributed by atoms with van der Waals surface area (Å²) in [6, 6.07) is 11.7. The zero-order chi connectivity index (χ0) is 17.0. The molecule has 6 nitrogen and oxygen atoms in total. The van der Waals surface area contributed by atoms with Gasteiger partial charge in [0, 0.05) is 11.3 Å². The average molecular weight is 333 g/mol. The van der Waals surface area contributed by atoms with Gasteiger partial charge in [-0.3, -0.25) is 9.52 Å². The number of Topliss-reactive ketones (excluding diaryl/α,β-unsaturated/α-hetero) is 1. The van der Waals surface area contributed by atoms with Gasteiger partial charge in [0.15, 0.2) is 5.78 Å². The average Bonchev–Trinajstić information content (AvgIpc) is 2.54. The summed E-state index contributed by atoms with van der Waals surface area (Å²) in [5.74, 6) is -0.792. The number of methoxy groups -OCH3 is 1. The van der Waals surface area contributed by atoms with Crippen LogP contribution in [-0.4, -0.2) is 27.3 Å². The van der Waals surface area contributed by atoms with Gasteiger partial charge in [0.1, 0.15) is 0 Å². The van der Waals surface area contributed by atoms with Crippen LogP contribution in [0.5, 0.6) is 0 Å². The summed E-state index contributed by atoms with van der Waals surface area (Å²) < 4.78 is 31.7. The molecule has 0 atom stereocenters. The summed E-state index contributed by atoms with van der Waals surface area (Å²) in [4.78, 5) is 22.8. The molecule has 0 amide bonds. The van der Waals surface area contributed by atoms with Gasteiger partial charge in [0.05, 0.1) is 17.6 Å². The summed E-state index contributed by atoms with van der Waals surface area (Å²) >= 11 is 0. The summed E-state index contributed by atoms with van der Waals surface area (Å²) in [5, 5.41) is 0. The molecular weight excluding hydrogens is 318 g/mol. The topological polar surface area (TPSA) is 89.5 Å². The van der Waals surface area contributed by atoms with Gasteiger partial charge in [-0.15, -0.1) is 0 Å². The van der Waals surface area contributed by atoms with Gasteiger partial charge in [0.2, 0.25) is 0 Å². The highest BCUT2D eigenvalue weighted by Gasteiger charge is 2.17. The number of carbonyl (C=O) groups excluding carboxylic acids is 2. The highest BCUT2D eigenvalue weighted by molar-refractivity contribution is 7.92.